The molecule has 7 unspecified atom stereocenters. The van der Waals surface area contributed by atoms with Crippen molar-refractivity contribution in [2.24, 2.45) is 0 Å². The molecule has 1 amide bonds. The quantitative estimate of drug-likeness (QED) is 0.0269. The fraction of sp³-hybridized carbons (Fsp3) is 0.809. The second kappa shape index (κ2) is 37.4. The molecule has 6 N–H and O–H groups in total. The van der Waals surface area contributed by atoms with Crippen LogP contribution in [0.25, 0.3) is 0 Å². The number of unbranched alkanes of at least 4 members (excludes halogenated alkanes) is 21. The summed E-state index contributed by atoms with van der Waals surface area (Å²) in [4.78, 5) is 12.9. The van der Waals surface area contributed by atoms with Crippen molar-refractivity contribution in [3.05, 3.63) is 48.6 Å². The van der Waals surface area contributed by atoms with Gasteiger partial charge >= 0.3 is 0 Å². The topological polar surface area (TPSA) is 149 Å². The second-order valence-corrected chi connectivity index (χ2v) is 15.8. The van der Waals surface area contributed by atoms with Gasteiger partial charge < -0.3 is 40.3 Å². The molecule has 0 bridgehead atoms. The van der Waals surface area contributed by atoms with Gasteiger partial charge in [0.1, 0.15) is 24.4 Å². The molecule has 0 saturated carbocycles. The molecule has 9 heteroatoms. The van der Waals surface area contributed by atoms with E-state index in [-0.39, 0.29) is 12.5 Å². The molecule has 0 aliphatic carbocycles. The van der Waals surface area contributed by atoms with Crippen LogP contribution in [-0.4, -0.2) is 87.5 Å². The number of amides is 1. The zero-order chi connectivity index (χ0) is 40.9. The minimum Gasteiger partial charge on any atom is -0.394 e. The predicted molar refractivity (Wildman–Crippen MR) is 230 cm³/mol. The number of carbonyl (C=O) groups excluding carboxylic acids is 1. The van der Waals surface area contributed by atoms with Gasteiger partial charge in [-0.15, -0.1) is 0 Å². The molecule has 1 rings (SSSR count). The summed E-state index contributed by atoms with van der Waals surface area (Å²) in [6.07, 6.45) is 40.2. The van der Waals surface area contributed by atoms with Crippen LogP contribution in [0.1, 0.15) is 187 Å². The van der Waals surface area contributed by atoms with Crippen LogP contribution in [0.5, 0.6) is 0 Å². The third-order valence-corrected chi connectivity index (χ3v) is 10.6. The fourth-order valence-electron chi connectivity index (χ4n) is 6.87. The zero-order valence-corrected chi connectivity index (χ0v) is 35.6. The lowest BCUT2D eigenvalue weighted by Gasteiger charge is -2.40. The summed E-state index contributed by atoms with van der Waals surface area (Å²) in [6.45, 7) is 3.69. The van der Waals surface area contributed by atoms with Crippen molar-refractivity contribution in [3.8, 4) is 0 Å². The number of hydrogen-bond donors (Lipinski definition) is 6. The summed E-state index contributed by atoms with van der Waals surface area (Å²) in [5, 5.41) is 54.1. The van der Waals surface area contributed by atoms with Gasteiger partial charge in [-0.25, -0.2) is 0 Å². The fourth-order valence-corrected chi connectivity index (χ4v) is 6.87. The van der Waals surface area contributed by atoms with Crippen molar-refractivity contribution >= 4 is 5.91 Å². The van der Waals surface area contributed by atoms with Gasteiger partial charge in [0.25, 0.3) is 0 Å². The standard InChI is InChI=1S/C47H85NO8/c1-3-5-7-9-11-13-15-17-18-19-20-21-22-23-24-25-27-29-31-33-35-37-43(51)48-40(39-55-47-46(54)45(53)44(52)42(38-49)56-47)41(50)36-34-32-30-28-26-16-14-12-10-8-6-4-2/h10,12,19-20,26,28,34,36,40-42,44-47,49-50,52-54H,3-9,11,13-18,21-25,27,29-33,35,37-39H2,1-2H3,(H,48,51)/b12-10+,20-19-,28-26+,36-34+. The molecule has 0 aromatic carbocycles. The summed E-state index contributed by atoms with van der Waals surface area (Å²) in [5.41, 5.74) is 0. The Labute approximate surface area is 342 Å². The number of aliphatic hydroxyl groups is 5. The van der Waals surface area contributed by atoms with Crippen molar-refractivity contribution < 1.29 is 39.8 Å². The maximum absolute atomic E-state index is 12.9. The van der Waals surface area contributed by atoms with Crippen LogP contribution in [0.15, 0.2) is 48.6 Å². The van der Waals surface area contributed by atoms with E-state index in [1.165, 1.54) is 116 Å². The molecule has 56 heavy (non-hydrogen) atoms. The molecule has 1 saturated heterocycles. The number of aliphatic hydroxyl groups excluding tert-OH is 5. The summed E-state index contributed by atoms with van der Waals surface area (Å²) in [5.74, 6) is -0.196. The van der Waals surface area contributed by atoms with Gasteiger partial charge in [-0.05, 0) is 64.2 Å². The average molecular weight is 792 g/mol. The predicted octanol–water partition coefficient (Wildman–Crippen LogP) is 9.45. The molecule has 326 valence electrons. The highest BCUT2D eigenvalue weighted by molar-refractivity contribution is 5.76. The maximum Gasteiger partial charge on any atom is 0.220 e. The van der Waals surface area contributed by atoms with E-state index in [4.69, 9.17) is 9.47 Å². The summed E-state index contributed by atoms with van der Waals surface area (Å²) < 4.78 is 11.2. The zero-order valence-electron chi connectivity index (χ0n) is 35.6. The number of hydrogen-bond acceptors (Lipinski definition) is 8. The number of allylic oxidation sites excluding steroid dienone is 7. The van der Waals surface area contributed by atoms with Crippen LogP contribution in [0.4, 0.5) is 0 Å². The molecule has 1 aliphatic rings. The first-order chi connectivity index (χ1) is 27.3. The van der Waals surface area contributed by atoms with Crippen molar-refractivity contribution in [1.29, 1.82) is 0 Å². The molecule has 0 aromatic heterocycles. The van der Waals surface area contributed by atoms with Crippen molar-refractivity contribution in [3.63, 3.8) is 0 Å². The first kappa shape index (κ1) is 52.2. The lowest BCUT2D eigenvalue weighted by molar-refractivity contribution is -0.302. The Morgan fingerprint density at radius 1 is 0.589 bits per heavy atom. The van der Waals surface area contributed by atoms with Gasteiger partial charge in [0, 0.05) is 6.42 Å². The largest absolute Gasteiger partial charge is 0.394 e. The van der Waals surface area contributed by atoms with E-state index in [1.54, 1.807) is 6.08 Å². The first-order valence-electron chi connectivity index (χ1n) is 22.9. The Morgan fingerprint density at radius 3 is 1.55 bits per heavy atom. The molecular weight excluding hydrogens is 707 g/mol. The van der Waals surface area contributed by atoms with E-state index in [2.05, 4.69) is 55.6 Å². The molecule has 0 spiro atoms. The van der Waals surface area contributed by atoms with Gasteiger partial charge in [0.15, 0.2) is 6.29 Å². The first-order valence-corrected chi connectivity index (χ1v) is 22.9. The van der Waals surface area contributed by atoms with Crippen molar-refractivity contribution in [2.75, 3.05) is 13.2 Å². The summed E-state index contributed by atoms with van der Waals surface area (Å²) in [7, 11) is 0. The molecule has 0 aromatic rings. The van der Waals surface area contributed by atoms with Gasteiger partial charge in [-0.1, -0.05) is 165 Å². The van der Waals surface area contributed by atoms with Crippen LogP contribution >= 0.6 is 0 Å². The highest BCUT2D eigenvalue weighted by atomic mass is 16.7. The van der Waals surface area contributed by atoms with Crippen molar-refractivity contribution in [2.45, 2.75) is 230 Å². The Bertz CT molecular complexity index is 1010. The third kappa shape index (κ3) is 27.7. The van der Waals surface area contributed by atoms with Crippen LogP contribution in [0.3, 0.4) is 0 Å². The monoisotopic (exact) mass is 792 g/mol. The maximum atomic E-state index is 12.9. The molecule has 1 aliphatic heterocycles. The van der Waals surface area contributed by atoms with E-state index < -0.39 is 49.5 Å². The Balaban J connectivity index is 2.33. The second-order valence-electron chi connectivity index (χ2n) is 15.8. The lowest BCUT2D eigenvalue weighted by atomic mass is 9.99. The summed E-state index contributed by atoms with van der Waals surface area (Å²) in [6, 6.07) is -0.827. The SMILES string of the molecule is CCCC/C=C/CC/C=C/CC/C=C/C(O)C(COC1OC(CO)C(O)C(O)C1O)NC(=O)CCCCCCCCCCC/C=C\CCCCCCCCCC. The van der Waals surface area contributed by atoms with Crippen LogP contribution < -0.4 is 5.32 Å². The van der Waals surface area contributed by atoms with E-state index in [9.17, 15) is 30.3 Å². The molecule has 7 atom stereocenters. The highest BCUT2D eigenvalue weighted by Gasteiger charge is 2.44. The lowest BCUT2D eigenvalue weighted by Crippen LogP contribution is -2.60. The minimum absolute atomic E-state index is 0.196. The highest BCUT2D eigenvalue weighted by Crippen LogP contribution is 2.22. The van der Waals surface area contributed by atoms with Gasteiger partial charge in [0.05, 0.1) is 25.4 Å². The van der Waals surface area contributed by atoms with Crippen LogP contribution in [-0.2, 0) is 14.3 Å². The number of nitrogens with one attached hydrogen (secondary N) is 1. The van der Waals surface area contributed by atoms with Gasteiger partial charge in [-0.2, -0.15) is 0 Å². The Kier molecular flexibility index (Phi) is 34.9. The third-order valence-electron chi connectivity index (χ3n) is 10.6. The smallest absolute Gasteiger partial charge is 0.220 e. The Hall–Kier alpha value is -1.85. The number of carbonyl (C=O) groups is 1. The molecular formula is C47H85NO8. The van der Waals surface area contributed by atoms with E-state index in [1.807, 2.05) is 6.08 Å². The molecule has 1 fully saturated rings. The number of ether oxygens (including phenoxy) is 2. The normalized spacial score (nSPS) is 21.6. The van der Waals surface area contributed by atoms with E-state index >= 15 is 0 Å². The Morgan fingerprint density at radius 2 is 1.04 bits per heavy atom. The van der Waals surface area contributed by atoms with Gasteiger partial charge in [0.2, 0.25) is 5.91 Å². The summed E-state index contributed by atoms with van der Waals surface area (Å²) >= 11 is 0. The van der Waals surface area contributed by atoms with Crippen molar-refractivity contribution in [1.82, 2.24) is 5.32 Å². The van der Waals surface area contributed by atoms with E-state index in [0.29, 0.717) is 6.42 Å². The van der Waals surface area contributed by atoms with Crippen LogP contribution in [0, 0.1) is 0 Å². The van der Waals surface area contributed by atoms with E-state index in [0.717, 1.165) is 51.4 Å². The minimum atomic E-state index is -1.57. The molecule has 9 nitrogen and oxygen atoms in total. The number of rotatable bonds is 37. The average Bonchev–Trinajstić information content (AvgIpc) is 3.20. The molecule has 1 heterocycles. The molecule has 0 radical (unpaired) electrons. The van der Waals surface area contributed by atoms with Crippen LogP contribution in [0.2, 0.25) is 0 Å². The van der Waals surface area contributed by atoms with Gasteiger partial charge in [-0.3, -0.25) is 4.79 Å².